The maximum Gasteiger partial charge on any atom is 0.472 e. The Morgan fingerprint density at radius 2 is 0.718 bits per heavy atom. The van der Waals surface area contributed by atoms with Crippen LogP contribution in [-0.4, -0.2) is 73.4 Å². The molecule has 0 aromatic carbocycles. The van der Waals surface area contributed by atoms with Crippen LogP contribution in [0, 0.1) is 0 Å². The predicted octanol–water partition coefficient (Wildman–Crippen LogP) is 22.8. The molecule has 3 atom stereocenters. The monoisotopic (exact) mass is 1200 g/mol. The number of carbonyl (C=O) groups excluding carboxylic acids is 1. The summed E-state index contributed by atoms with van der Waals surface area (Å²) in [5.41, 5.74) is 0. The first-order valence-electron chi connectivity index (χ1n) is 35.4. The minimum atomic E-state index is -4.38. The van der Waals surface area contributed by atoms with Crippen LogP contribution in [0.1, 0.15) is 303 Å². The van der Waals surface area contributed by atoms with Crippen molar-refractivity contribution in [1.29, 1.82) is 0 Å². The standard InChI is InChI=1S/C76H135N2O6P/c1-6-8-10-12-14-16-18-20-22-24-26-28-30-32-34-36-38-39-40-42-44-46-48-50-52-54-56-58-60-62-64-66-68-70-76(80)77-74(73-84-85(81,82)83-72-71-78(3,4)5)75(79)69-67-65-63-61-59-57-55-53-51-49-47-45-43-41-37-35-33-31-29-27-25-23-21-19-17-15-13-11-9-7-2/h8,10,14,16,20,22,26,28,32,34,38-39,42,44,51,53,59,61,67,69,74-75,79H,6-7,9,11-13,15,17-19,21,23-25,27,29-31,33,35-37,40-41,43,45-50,52,54-58,60,62-66,68,70-73H2,1-5H3,(H-,77,80,81,82)/p+1/b10-8-,16-14-,22-20-,28-26-,34-32-,39-38-,44-42-,53-51+,61-59+,69-67+. The second kappa shape index (κ2) is 65.3. The number of rotatable bonds is 64. The zero-order chi connectivity index (χ0) is 61.9. The van der Waals surface area contributed by atoms with Crippen LogP contribution in [0.2, 0.25) is 0 Å². The van der Waals surface area contributed by atoms with Crippen molar-refractivity contribution in [1.82, 2.24) is 5.32 Å². The summed E-state index contributed by atoms with van der Waals surface area (Å²) < 4.78 is 23.8. The van der Waals surface area contributed by atoms with E-state index >= 15 is 0 Å². The van der Waals surface area contributed by atoms with Gasteiger partial charge in [-0.3, -0.25) is 13.8 Å². The zero-order valence-corrected chi connectivity index (χ0v) is 57.0. The van der Waals surface area contributed by atoms with E-state index in [0.29, 0.717) is 17.4 Å². The van der Waals surface area contributed by atoms with E-state index in [2.05, 4.69) is 129 Å². The van der Waals surface area contributed by atoms with Crippen LogP contribution in [-0.2, 0) is 18.4 Å². The summed E-state index contributed by atoms with van der Waals surface area (Å²) >= 11 is 0. The molecule has 0 aliphatic rings. The van der Waals surface area contributed by atoms with Gasteiger partial charge in [0.2, 0.25) is 5.91 Å². The number of hydrogen-bond donors (Lipinski definition) is 3. The van der Waals surface area contributed by atoms with E-state index in [0.717, 1.165) is 89.9 Å². The quantitative estimate of drug-likeness (QED) is 0.0243. The molecule has 3 unspecified atom stereocenters. The average Bonchev–Trinajstić information content (AvgIpc) is 3.49. The third-order valence-electron chi connectivity index (χ3n) is 15.4. The summed E-state index contributed by atoms with van der Waals surface area (Å²) in [5.74, 6) is -0.196. The lowest BCUT2D eigenvalue weighted by Gasteiger charge is -2.25. The Morgan fingerprint density at radius 1 is 0.412 bits per heavy atom. The third-order valence-corrected chi connectivity index (χ3v) is 16.4. The van der Waals surface area contributed by atoms with Gasteiger partial charge in [0.25, 0.3) is 0 Å². The third kappa shape index (κ3) is 68.3. The molecule has 0 saturated carbocycles. The number of nitrogens with one attached hydrogen (secondary N) is 1. The lowest BCUT2D eigenvalue weighted by Crippen LogP contribution is -2.45. The van der Waals surface area contributed by atoms with Gasteiger partial charge in [0.05, 0.1) is 39.9 Å². The Bertz CT molecular complexity index is 1800. The first-order valence-corrected chi connectivity index (χ1v) is 36.9. The molecule has 0 aliphatic heterocycles. The lowest BCUT2D eigenvalue weighted by molar-refractivity contribution is -0.870. The van der Waals surface area contributed by atoms with E-state index in [9.17, 15) is 19.4 Å². The van der Waals surface area contributed by atoms with Crippen molar-refractivity contribution >= 4 is 13.7 Å². The van der Waals surface area contributed by atoms with Crippen molar-refractivity contribution in [2.24, 2.45) is 0 Å². The van der Waals surface area contributed by atoms with Gasteiger partial charge in [0.15, 0.2) is 0 Å². The molecule has 8 nitrogen and oxygen atoms in total. The molecule has 0 fully saturated rings. The molecule has 0 aromatic rings. The number of nitrogens with zero attached hydrogens (tertiary/aromatic N) is 1. The molecule has 1 amide bonds. The number of aliphatic hydroxyl groups excluding tert-OH is 1. The number of likely N-dealkylation sites (N-methyl/N-ethyl adjacent to an activating group) is 1. The highest BCUT2D eigenvalue weighted by molar-refractivity contribution is 7.47. The summed E-state index contributed by atoms with van der Waals surface area (Å²) in [6, 6.07) is -0.882. The number of phosphoric acid groups is 1. The molecule has 0 heterocycles. The second-order valence-corrected chi connectivity index (χ2v) is 26.3. The highest BCUT2D eigenvalue weighted by Gasteiger charge is 2.28. The second-order valence-electron chi connectivity index (χ2n) is 24.9. The van der Waals surface area contributed by atoms with E-state index in [1.807, 2.05) is 27.2 Å². The van der Waals surface area contributed by atoms with Crippen LogP contribution in [0.15, 0.2) is 122 Å². The fraction of sp³-hybridized carbons (Fsp3) is 0.724. The fourth-order valence-corrected chi connectivity index (χ4v) is 10.7. The van der Waals surface area contributed by atoms with E-state index in [1.165, 1.54) is 193 Å². The predicted molar refractivity (Wildman–Crippen MR) is 373 cm³/mol. The highest BCUT2D eigenvalue weighted by Crippen LogP contribution is 2.43. The molecule has 0 rings (SSSR count). The van der Waals surface area contributed by atoms with Gasteiger partial charge < -0.3 is 19.8 Å². The molecule has 490 valence electrons. The van der Waals surface area contributed by atoms with Crippen molar-refractivity contribution in [3.05, 3.63) is 122 Å². The molecule has 0 aromatic heterocycles. The highest BCUT2D eigenvalue weighted by atomic mass is 31.2. The summed E-state index contributed by atoms with van der Waals surface area (Å²) in [6.07, 6.45) is 97.8. The van der Waals surface area contributed by atoms with Gasteiger partial charge in [0, 0.05) is 6.42 Å². The number of carbonyl (C=O) groups is 1. The number of unbranched alkanes of at least 4 members (excludes halogenated alkanes) is 33. The minimum Gasteiger partial charge on any atom is -0.387 e. The number of hydrogen-bond acceptors (Lipinski definition) is 5. The number of quaternary nitrogens is 1. The van der Waals surface area contributed by atoms with Crippen molar-refractivity contribution < 1.29 is 32.9 Å². The van der Waals surface area contributed by atoms with E-state index in [4.69, 9.17) is 9.05 Å². The molecule has 0 radical (unpaired) electrons. The smallest absolute Gasteiger partial charge is 0.387 e. The van der Waals surface area contributed by atoms with Gasteiger partial charge >= 0.3 is 7.82 Å². The summed E-state index contributed by atoms with van der Waals surface area (Å²) in [6.45, 7) is 4.69. The molecular formula is C76H136N2O6P+. The van der Waals surface area contributed by atoms with Crippen molar-refractivity contribution in [2.75, 3.05) is 40.9 Å². The maximum atomic E-state index is 13.1. The molecule has 0 spiro atoms. The number of aliphatic hydroxyl groups is 1. The molecule has 9 heteroatoms. The summed E-state index contributed by atoms with van der Waals surface area (Å²) in [7, 11) is 1.54. The first-order chi connectivity index (χ1) is 41.5. The molecule has 3 N–H and O–H groups in total. The van der Waals surface area contributed by atoms with Crippen LogP contribution in [0.5, 0.6) is 0 Å². The fourth-order valence-electron chi connectivity index (χ4n) is 9.94. The molecular weight excluding hydrogens is 1070 g/mol. The largest absolute Gasteiger partial charge is 0.472 e. The molecule has 85 heavy (non-hydrogen) atoms. The van der Waals surface area contributed by atoms with Gasteiger partial charge in [-0.2, -0.15) is 0 Å². The molecule has 0 saturated heterocycles. The molecule has 0 bridgehead atoms. The number of amides is 1. The van der Waals surface area contributed by atoms with Gasteiger partial charge in [-0.05, 0) is 103 Å². The van der Waals surface area contributed by atoms with Gasteiger partial charge in [-0.15, -0.1) is 0 Å². The van der Waals surface area contributed by atoms with Crippen LogP contribution < -0.4 is 5.32 Å². The summed E-state index contributed by atoms with van der Waals surface area (Å²) in [5, 5.41) is 14.0. The van der Waals surface area contributed by atoms with Crippen molar-refractivity contribution in [3.63, 3.8) is 0 Å². The zero-order valence-electron chi connectivity index (χ0n) is 56.1. The van der Waals surface area contributed by atoms with Crippen LogP contribution in [0.25, 0.3) is 0 Å². The van der Waals surface area contributed by atoms with E-state index in [-0.39, 0.29) is 19.1 Å². The van der Waals surface area contributed by atoms with Crippen LogP contribution in [0.3, 0.4) is 0 Å². The Kier molecular flexibility index (Phi) is 63.0. The van der Waals surface area contributed by atoms with Gasteiger partial charge in [-0.1, -0.05) is 315 Å². The van der Waals surface area contributed by atoms with Crippen molar-refractivity contribution in [2.45, 2.75) is 315 Å². The Morgan fingerprint density at radius 3 is 1.08 bits per heavy atom. The maximum absolute atomic E-state index is 13.1. The van der Waals surface area contributed by atoms with Crippen LogP contribution in [0.4, 0.5) is 0 Å². The Balaban J connectivity index is 4.18. The SMILES string of the molecule is CC/C=C\C/C=C\C/C=C\C/C=C\C/C=C\C/C=C\C/C=C\CCCCCCCCCCCCCC(=O)NC(COP(=O)(O)OCC[N+](C)(C)C)C(O)/C=C/CC/C=C/CC/C=C/CCCCCCCCCCCCCCCCCCCCCC. The minimum absolute atomic E-state index is 0.0476. The van der Waals surface area contributed by atoms with Gasteiger partial charge in [-0.25, -0.2) is 4.57 Å². The van der Waals surface area contributed by atoms with Gasteiger partial charge in [0.1, 0.15) is 13.2 Å². The average molecular weight is 1200 g/mol. The molecule has 0 aliphatic carbocycles. The van der Waals surface area contributed by atoms with Crippen molar-refractivity contribution in [3.8, 4) is 0 Å². The normalized spacial score (nSPS) is 14.4. The first kappa shape index (κ1) is 81.9. The number of allylic oxidation sites excluding steroid dienone is 19. The lowest BCUT2D eigenvalue weighted by atomic mass is 10.0. The topological polar surface area (TPSA) is 105 Å². The number of phosphoric ester groups is 1. The Hall–Kier alpha value is -3.10. The summed E-state index contributed by atoms with van der Waals surface area (Å²) in [4.78, 5) is 23.4. The van der Waals surface area contributed by atoms with Crippen LogP contribution >= 0.6 is 7.82 Å². The van der Waals surface area contributed by atoms with E-state index in [1.54, 1.807) is 6.08 Å². The Labute approximate surface area is 526 Å². The van der Waals surface area contributed by atoms with E-state index < -0.39 is 20.0 Å².